The maximum atomic E-state index is 12.2. The van der Waals surface area contributed by atoms with Gasteiger partial charge in [0.25, 0.3) is 0 Å². The lowest BCUT2D eigenvalue weighted by molar-refractivity contribution is -0.139. The fourth-order valence-corrected chi connectivity index (χ4v) is 2.83. The average molecular weight is 238 g/mol. The molecule has 0 N–H and O–H groups in total. The molecule has 4 heteroatoms. The standard InChI is InChI=1S/C13H22N2O2/c1-10-3-6-15(9-10)13(17)12-4-7-14(8-5-12)11(2)16/h10,12H,3-9H2,1-2H3. The number of amides is 2. The molecule has 0 aliphatic carbocycles. The number of nitrogens with zero attached hydrogens (tertiary/aromatic N) is 2. The molecular weight excluding hydrogens is 216 g/mol. The summed E-state index contributed by atoms with van der Waals surface area (Å²) in [6.45, 7) is 7.14. The predicted molar refractivity (Wildman–Crippen MR) is 65.3 cm³/mol. The van der Waals surface area contributed by atoms with Crippen LogP contribution in [0.25, 0.3) is 0 Å². The number of piperidine rings is 1. The van der Waals surface area contributed by atoms with Crippen molar-refractivity contribution in [1.82, 2.24) is 9.80 Å². The molecule has 2 saturated heterocycles. The van der Waals surface area contributed by atoms with Crippen LogP contribution < -0.4 is 0 Å². The minimum absolute atomic E-state index is 0.130. The van der Waals surface area contributed by atoms with Gasteiger partial charge in [-0.2, -0.15) is 0 Å². The van der Waals surface area contributed by atoms with Crippen molar-refractivity contribution in [3.8, 4) is 0 Å². The molecule has 0 bridgehead atoms. The number of hydrogen-bond donors (Lipinski definition) is 0. The van der Waals surface area contributed by atoms with Crippen molar-refractivity contribution >= 4 is 11.8 Å². The van der Waals surface area contributed by atoms with E-state index in [2.05, 4.69) is 6.92 Å². The van der Waals surface area contributed by atoms with Crippen molar-refractivity contribution < 1.29 is 9.59 Å². The van der Waals surface area contributed by atoms with Crippen molar-refractivity contribution in [2.45, 2.75) is 33.1 Å². The highest BCUT2D eigenvalue weighted by molar-refractivity contribution is 5.80. The van der Waals surface area contributed by atoms with Gasteiger partial charge in [-0.15, -0.1) is 0 Å². The molecule has 2 amide bonds. The molecule has 4 nitrogen and oxygen atoms in total. The van der Waals surface area contributed by atoms with Gasteiger partial charge in [0.05, 0.1) is 0 Å². The van der Waals surface area contributed by atoms with Crippen LogP contribution in [0.3, 0.4) is 0 Å². The van der Waals surface area contributed by atoms with E-state index in [4.69, 9.17) is 0 Å². The van der Waals surface area contributed by atoms with Gasteiger partial charge in [0, 0.05) is 39.0 Å². The third-order valence-corrected chi connectivity index (χ3v) is 4.03. The number of carbonyl (C=O) groups excluding carboxylic acids is 2. The first-order valence-corrected chi connectivity index (χ1v) is 6.62. The molecule has 1 atom stereocenters. The lowest BCUT2D eigenvalue weighted by Crippen LogP contribution is -2.43. The van der Waals surface area contributed by atoms with Crippen LogP contribution in [0.2, 0.25) is 0 Å². The summed E-state index contributed by atoms with van der Waals surface area (Å²) in [6.07, 6.45) is 2.81. The van der Waals surface area contributed by atoms with Gasteiger partial charge < -0.3 is 9.80 Å². The van der Waals surface area contributed by atoms with Gasteiger partial charge in [-0.25, -0.2) is 0 Å². The Kier molecular flexibility index (Phi) is 3.69. The molecule has 0 aromatic carbocycles. The second-order valence-electron chi connectivity index (χ2n) is 5.46. The van der Waals surface area contributed by atoms with Crippen molar-refractivity contribution in [3.63, 3.8) is 0 Å². The summed E-state index contributed by atoms with van der Waals surface area (Å²) >= 11 is 0. The van der Waals surface area contributed by atoms with E-state index < -0.39 is 0 Å². The lowest BCUT2D eigenvalue weighted by Gasteiger charge is -2.32. The summed E-state index contributed by atoms with van der Waals surface area (Å²) in [5.74, 6) is 1.25. The molecule has 0 spiro atoms. The Balaban J connectivity index is 1.84. The van der Waals surface area contributed by atoms with E-state index in [1.54, 1.807) is 6.92 Å². The molecule has 2 aliphatic heterocycles. The van der Waals surface area contributed by atoms with E-state index in [0.717, 1.165) is 45.4 Å². The summed E-state index contributed by atoms with van der Waals surface area (Å²) < 4.78 is 0. The fraction of sp³-hybridized carbons (Fsp3) is 0.846. The molecule has 1 unspecified atom stereocenters. The number of hydrogen-bond acceptors (Lipinski definition) is 2. The Morgan fingerprint density at radius 3 is 2.06 bits per heavy atom. The van der Waals surface area contributed by atoms with E-state index in [-0.39, 0.29) is 11.8 Å². The number of rotatable bonds is 1. The van der Waals surface area contributed by atoms with Crippen LogP contribution in [-0.2, 0) is 9.59 Å². The van der Waals surface area contributed by atoms with E-state index in [1.165, 1.54) is 0 Å². The molecule has 2 rings (SSSR count). The maximum absolute atomic E-state index is 12.2. The van der Waals surface area contributed by atoms with E-state index >= 15 is 0 Å². The predicted octanol–water partition coefficient (Wildman–Crippen LogP) is 1.11. The summed E-state index contributed by atoms with van der Waals surface area (Å²) in [4.78, 5) is 27.3. The van der Waals surface area contributed by atoms with Crippen molar-refractivity contribution in [2.75, 3.05) is 26.2 Å². The largest absolute Gasteiger partial charge is 0.343 e. The molecule has 0 saturated carbocycles. The SMILES string of the molecule is CC(=O)N1CCC(C(=O)N2CCC(C)C2)CC1. The van der Waals surface area contributed by atoms with Crippen molar-refractivity contribution in [2.24, 2.45) is 11.8 Å². The zero-order chi connectivity index (χ0) is 12.4. The molecular formula is C13H22N2O2. The highest BCUT2D eigenvalue weighted by Gasteiger charge is 2.31. The van der Waals surface area contributed by atoms with Crippen molar-refractivity contribution in [1.29, 1.82) is 0 Å². The summed E-state index contributed by atoms with van der Waals surface area (Å²) in [5.41, 5.74) is 0. The first-order valence-electron chi connectivity index (χ1n) is 6.62. The molecule has 2 aliphatic rings. The first-order chi connectivity index (χ1) is 8.08. The number of carbonyl (C=O) groups is 2. The molecule has 0 aromatic rings. The second-order valence-corrected chi connectivity index (χ2v) is 5.46. The molecule has 2 heterocycles. The summed E-state index contributed by atoms with van der Waals surface area (Å²) in [6, 6.07) is 0. The van der Waals surface area contributed by atoms with Gasteiger partial charge in [-0.3, -0.25) is 9.59 Å². The van der Waals surface area contributed by atoms with E-state index in [0.29, 0.717) is 11.8 Å². The average Bonchev–Trinajstić information content (AvgIpc) is 2.75. The van der Waals surface area contributed by atoms with Crippen LogP contribution in [0.4, 0.5) is 0 Å². The molecule has 2 fully saturated rings. The summed E-state index contributed by atoms with van der Waals surface area (Å²) in [5, 5.41) is 0. The smallest absolute Gasteiger partial charge is 0.225 e. The normalized spacial score (nSPS) is 26.4. The molecule has 0 radical (unpaired) electrons. The minimum Gasteiger partial charge on any atom is -0.343 e. The maximum Gasteiger partial charge on any atom is 0.225 e. The summed E-state index contributed by atoms with van der Waals surface area (Å²) in [7, 11) is 0. The Morgan fingerprint density at radius 2 is 1.59 bits per heavy atom. The Morgan fingerprint density at radius 1 is 1.00 bits per heavy atom. The fourth-order valence-electron chi connectivity index (χ4n) is 2.83. The minimum atomic E-state index is 0.130. The van der Waals surface area contributed by atoms with E-state index in [9.17, 15) is 9.59 Å². The Labute approximate surface area is 103 Å². The molecule has 96 valence electrons. The topological polar surface area (TPSA) is 40.6 Å². The van der Waals surface area contributed by atoms with Gasteiger partial charge in [-0.05, 0) is 25.2 Å². The number of likely N-dealkylation sites (tertiary alicyclic amines) is 2. The van der Waals surface area contributed by atoms with Crippen LogP contribution in [-0.4, -0.2) is 47.8 Å². The lowest BCUT2D eigenvalue weighted by atomic mass is 9.95. The van der Waals surface area contributed by atoms with Crippen molar-refractivity contribution in [3.05, 3.63) is 0 Å². The van der Waals surface area contributed by atoms with Crippen LogP contribution in [0.1, 0.15) is 33.1 Å². The highest BCUT2D eigenvalue weighted by atomic mass is 16.2. The van der Waals surface area contributed by atoms with Crippen LogP contribution >= 0.6 is 0 Å². The van der Waals surface area contributed by atoms with Gasteiger partial charge in [0.2, 0.25) is 11.8 Å². The van der Waals surface area contributed by atoms with Gasteiger partial charge in [0.1, 0.15) is 0 Å². The quantitative estimate of drug-likeness (QED) is 0.686. The Hall–Kier alpha value is -1.06. The zero-order valence-electron chi connectivity index (χ0n) is 10.8. The van der Waals surface area contributed by atoms with Gasteiger partial charge >= 0.3 is 0 Å². The van der Waals surface area contributed by atoms with Crippen LogP contribution in [0.15, 0.2) is 0 Å². The monoisotopic (exact) mass is 238 g/mol. The second kappa shape index (κ2) is 5.07. The zero-order valence-corrected chi connectivity index (χ0v) is 10.8. The van der Waals surface area contributed by atoms with E-state index in [1.807, 2.05) is 9.80 Å². The molecule has 0 aromatic heterocycles. The third-order valence-electron chi connectivity index (χ3n) is 4.03. The van der Waals surface area contributed by atoms with Crippen LogP contribution in [0, 0.1) is 11.8 Å². The third kappa shape index (κ3) is 2.79. The highest BCUT2D eigenvalue weighted by Crippen LogP contribution is 2.23. The Bertz CT molecular complexity index is 309. The molecule has 17 heavy (non-hydrogen) atoms. The van der Waals surface area contributed by atoms with Crippen LogP contribution in [0.5, 0.6) is 0 Å². The van der Waals surface area contributed by atoms with Gasteiger partial charge in [-0.1, -0.05) is 6.92 Å². The first kappa shape index (κ1) is 12.4. The van der Waals surface area contributed by atoms with Gasteiger partial charge in [0.15, 0.2) is 0 Å².